The second kappa shape index (κ2) is 6.18. The number of aromatic nitrogens is 2. The smallest absolute Gasteiger partial charge is 0.326 e. The number of hydrogen-bond acceptors (Lipinski definition) is 5. The molecule has 0 spiro atoms. The van der Waals surface area contributed by atoms with Crippen molar-refractivity contribution in [2.24, 2.45) is 5.92 Å². The first-order valence-corrected chi connectivity index (χ1v) is 6.44. The van der Waals surface area contributed by atoms with Crippen LogP contribution < -0.4 is 5.32 Å². The summed E-state index contributed by atoms with van der Waals surface area (Å²) in [5, 5.41) is 15.7. The second-order valence-corrected chi connectivity index (χ2v) is 4.95. The molecule has 0 saturated carbocycles. The van der Waals surface area contributed by atoms with Gasteiger partial charge in [0.05, 0.1) is 0 Å². The number of rotatable bonds is 6. The van der Waals surface area contributed by atoms with E-state index in [2.05, 4.69) is 15.5 Å². The molecule has 0 bridgehead atoms. The fraction of sp³-hybridized carbons (Fsp3) is 0.357. The van der Waals surface area contributed by atoms with Gasteiger partial charge in [-0.25, -0.2) is 4.79 Å². The van der Waals surface area contributed by atoms with Crippen molar-refractivity contribution in [3.05, 3.63) is 30.3 Å². The van der Waals surface area contributed by atoms with Crippen LogP contribution in [0.25, 0.3) is 11.5 Å². The molecule has 0 radical (unpaired) electrons. The summed E-state index contributed by atoms with van der Waals surface area (Å²) in [7, 11) is 0. The van der Waals surface area contributed by atoms with E-state index in [0.717, 1.165) is 5.56 Å². The minimum absolute atomic E-state index is 0.192. The highest BCUT2D eigenvalue weighted by atomic mass is 16.5. The molecular formula is C14H17N3O3. The molecule has 0 aliphatic heterocycles. The van der Waals surface area contributed by atoms with Crippen LogP contribution in [0, 0.1) is 5.92 Å². The normalized spacial score (nSPS) is 12.3. The molecule has 106 valence electrons. The predicted molar refractivity (Wildman–Crippen MR) is 74.2 cm³/mol. The average Bonchev–Trinajstić information content (AvgIpc) is 2.87. The van der Waals surface area contributed by atoms with Crippen molar-refractivity contribution >= 4 is 11.9 Å². The molecule has 0 aliphatic rings. The Kier molecular flexibility index (Phi) is 4.34. The largest absolute Gasteiger partial charge is 0.480 e. The van der Waals surface area contributed by atoms with Crippen LogP contribution in [0.1, 0.15) is 20.3 Å². The summed E-state index contributed by atoms with van der Waals surface area (Å²) < 4.78 is 5.12. The fourth-order valence-electron chi connectivity index (χ4n) is 1.83. The number of benzene rings is 1. The van der Waals surface area contributed by atoms with Gasteiger partial charge in [-0.2, -0.15) is 4.98 Å². The van der Waals surface area contributed by atoms with Crippen molar-refractivity contribution in [3.63, 3.8) is 0 Å². The molecule has 1 atom stereocenters. The summed E-state index contributed by atoms with van der Waals surface area (Å²) in [4.78, 5) is 15.3. The van der Waals surface area contributed by atoms with Crippen LogP contribution in [0.15, 0.2) is 34.9 Å². The van der Waals surface area contributed by atoms with E-state index in [-0.39, 0.29) is 11.9 Å². The molecule has 2 N–H and O–H groups in total. The van der Waals surface area contributed by atoms with Gasteiger partial charge in [0.2, 0.25) is 0 Å². The van der Waals surface area contributed by atoms with Gasteiger partial charge < -0.3 is 14.9 Å². The minimum atomic E-state index is -0.926. The summed E-state index contributed by atoms with van der Waals surface area (Å²) in [6, 6.07) is 8.59. The van der Waals surface area contributed by atoms with E-state index in [0.29, 0.717) is 12.3 Å². The van der Waals surface area contributed by atoms with Crippen LogP contribution in [0.5, 0.6) is 0 Å². The summed E-state index contributed by atoms with van der Waals surface area (Å²) >= 11 is 0. The van der Waals surface area contributed by atoms with Crippen molar-refractivity contribution in [2.45, 2.75) is 26.3 Å². The Morgan fingerprint density at radius 2 is 2.05 bits per heavy atom. The van der Waals surface area contributed by atoms with Gasteiger partial charge in [0.25, 0.3) is 11.8 Å². The lowest BCUT2D eigenvalue weighted by atomic mass is 10.0. The highest BCUT2D eigenvalue weighted by molar-refractivity contribution is 5.76. The molecule has 6 heteroatoms. The van der Waals surface area contributed by atoms with Gasteiger partial charge in [0.15, 0.2) is 0 Å². The van der Waals surface area contributed by atoms with Crippen molar-refractivity contribution < 1.29 is 14.4 Å². The number of carboxylic acids is 1. The van der Waals surface area contributed by atoms with E-state index in [1.54, 1.807) is 0 Å². The Labute approximate surface area is 116 Å². The van der Waals surface area contributed by atoms with Crippen molar-refractivity contribution in [1.29, 1.82) is 0 Å². The third-order valence-electron chi connectivity index (χ3n) is 2.76. The van der Waals surface area contributed by atoms with E-state index in [1.807, 2.05) is 44.2 Å². The Morgan fingerprint density at radius 1 is 1.35 bits per heavy atom. The summed E-state index contributed by atoms with van der Waals surface area (Å²) in [6.07, 6.45) is 0.491. The first-order chi connectivity index (χ1) is 9.56. The SMILES string of the molecule is CC(C)CC(Nc1noc(-c2ccccc2)n1)C(=O)O. The van der Waals surface area contributed by atoms with Crippen LogP contribution >= 0.6 is 0 Å². The van der Waals surface area contributed by atoms with E-state index in [4.69, 9.17) is 9.63 Å². The van der Waals surface area contributed by atoms with Gasteiger partial charge in [0.1, 0.15) is 6.04 Å². The topological polar surface area (TPSA) is 88.3 Å². The zero-order valence-corrected chi connectivity index (χ0v) is 11.4. The maximum Gasteiger partial charge on any atom is 0.326 e. The van der Waals surface area contributed by atoms with Gasteiger partial charge in [-0.05, 0) is 29.6 Å². The quantitative estimate of drug-likeness (QED) is 0.842. The first-order valence-electron chi connectivity index (χ1n) is 6.44. The predicted octanol–water partition coefficient (Wildman–Crippen LogP) is 2.65. The van der Waals surface area contributed by atoms with Crippen LogP contribution in [0.3, 0.4) is 0 Å². The number of carboxylic acid groups (broad SMARTS) is 1. The third kappa shape index (κ3) is 3.57. The maximum absolute atomic E-state index is 11.2. The van der Waals surface area contributed by atoms with Crippen LogP contribution in [-0.4, -0.2) is 27.3 Å². The summed E-state index contributed by atoms with van der Waals surface area (Å²) in [5.74, 6) is -0.118. The summed E-state index contributed by atoms with van der Waals surface area (Å²) in [5.41, 5.74) is 0.795. The molecule has 0 fully saturated rings. The van der Waals surface area contributed by atoms with Crippen LogP contribution in [0.2, 0.25) is 0 Å². The van der Waals surface area contributed by atoms with Gasteiger partial charge in [0, 0.05) is 5.56 Å². The Balaban J connectivity index is 2.10. The zero-order chi connectivity index (χ0) is 14.5. The standard InChI is InChI=1S/C14H17N3O3/c1-9(2)8-11(13(18)19)15-14-16-12(20-17-14)10-6-4-3-5-7-10/h3-7,9,11H,8H2,1-2H3,(H,15,17)(H,18,19). The number of nitrogens with one attached hydrogen (secondary N) is 1. The lowest BCUT2D eigenvalue weighted by Crippen LogP contribution is -2.31. The maximum atomic E-state index is 11.2. The van der Waals surface area contributed by atoms with E-state index >= 15 is 0 Å². The van der Waals surface area contributed by atoms with E-state index in [1.165, 1.54) is 0 Å². The Bertz CT molecular complexity index is 566. The molecule has 1 aromatic heterocycles. The molecule has 0 saturated heterocycles. The van der Waals surface area contributed by atoms with Gasteiger partial charge in [-0.1, -0.05) is 32.0 Å². The van der Waals surface area contributed by atoms with Crippen LogP contribution in [0.4, 0.5) is 5.95 Å². The monoisotopic (exact) mass is 275 g/mol. The molecule has 1 heterocycles. The van der Waals surface area contributed by atoms with Gasteiger partial charge in [-0.3, -0.25) is 0 Å². The van der Waals surface area contributed by atoms with Crippen LogP contribution in [-0.2, 0) is 4.79 Å². The lowest BCUT2D eigenvalue weighted by Gasteiger charge is -2.14. The minimum Gasteiger partial charge on any atom is -0.480 e. The number of aliphatic carboxylic acids is 1. The van der Waals surface area contributed by atoms with Crippen molar-refractivity contribution in [1.82, 2.24) is 10.1 Å². The molecule has 6 nitrogen and oxygen atoms in total. The fourth-order valence-corrected chi connectivity index (χ4v) is 1.83. The molecule has 0 amide bonds. The van der Waals surface area contributed by atoms with Crippen molar-refractivity contribution in [3.8, 4) is 11.5 Å². The molecule has 0 aliphatic carbocycles. The Hall–Kier alpha value is -2.37. The van der Waals surface area contributed by atoms with E-state index in [9.17, 15) is 4.79 Å². The highest BCUT2D eigenvalue weighted by Crippen LogP contribution is 2.19. The molecule has 2 aromatic rings. The number of nitrogens with zero attached hydrogens (tertiary/aromatic N) is 2. The number of anilines is 1. The Morgan fingerprint density at radius 3 is 2.65 bits per heavy atom. The lowest BCUT2D eigenvalue weighted by molar-refractivity contribution is -0.138. The number of hydrogen-bond donors (Lipinski definition) is 2. The number of carbonyl (C=O) groups is 1. The molecular weight excluding hydrogens is 258 g/mol. The van der Waals surface area contributed by atoms with Gasteiger partial charge in [-0.15, -0.1) is 0 Å². The average molecular weight is 275 g/mol. The van der Waals surface area contributed by atoms with Gasteiger partial charge >= 0.3 is 5.97 Å². The molecule has 2 rings (SSSR count). The summed E-state index contributed by atoms with van der Waals surface area (Å²) in [6.45, 7) is 3.92. The molecule has 1 aromatic carbocycles. The molecule has 20 heavy (non-hydrogen) atoms. The highest BCUT2D eigenvalue weighted by Gasteiger charge is 2.21. The first kappa shape index (κ1) is 14.0. The third-order valence-corrected chi connectivity index (χ3v) is 2.76. The second-order valence-electron chi connectivity index (χ2n) is 4.95. The molecule has 1 unspecified atom stereocenters. The zero-order valence-electron chi connectivity index (χ0n) is 11.4. The van der Waals surface area contributed by atoms with E-state index < -0.39 is 12.0 Å². The van der Waals surface area contributed by atoms with Crippen molar-refractivity contribution in [2.75, 3.05) is 5.32 Å².